The number of amides is 1. The first kappa shape index (κ1) is 24.1. The maximum atomic E-state index is 12.7. The summed E-state index contributed by atoms with van der Waals surface area (Å²) < 4.78 is 17.7. The van der Waals surface area contributed by atoms with Crippen LogP contribution in [0.1, 0.15) is 51.1 Å². The highest BCUT2D eigenvalue weighted by atomic mass is 16.5. The van der Waals surface area contributed by atoms with Gasteiger partial charge in [0.05, 0.1) is 23.9 Å². The molecule has 0 spiro atoms. The van der Waals surface area contributed by atoms with E-state index in [1.165, 1.54) is 17.2 Å². The molecule has 0 saturated heterocycles. The first-order valence-electron chi connectivity index (χ1n) is 12.8. The van der Waals surface area contributed by atoms with Gasteiger partial charge in [-0.25, -0.2) is 4.98 Å². The van der Waals surface area contributed by atoms with Crippen LogP contribution in [0.2, 0.25) is 0 Å². The summed E-state index contributed by atoms with van der Waals surface area (Å²) in [7, 11) is 0. The molecule has 0 fully saturated rings. The van der Waals surface area contributed by atoms with E-state index in [-0.39, 0.29) is 23.3 Å². The second-order valence-corrected chi connectivity index (χ2v) is 9.65. The summed E-state index contributed by atoms with van der Waals surface area (Å²) in [5.74, 6) is 2.16. The maximum Gasteiger partial charge on any atom is 0.255 e. The number of carbonyl (C=O) groups is 1. The van der Waals surface area contributed by atoms with Crippen molar-refractivity contribution < 1.29 is 23.8 Å². The molecule has 3 aromatic carbocycles. The van der Waals surface area contributed by atoms with Gasteiger partial charge in [0, 0.05) is 26.6 Å². The second kappa shape index (κ2) is 10.2. The molecule has 1 amide bonds. The molecule has 8 bridgehead atoms. The van der Waals surface area contributed by atoms with Crippen molar-refractivity contribution >= 4 is 5.91 Å². The highest BCUT2D eigenvalue weighted by Gasteiger charge is 2.30. The number of ether oxygens (including phenoxy) is 2. The van der Waals surface area contributed by atoms with E-state index in [9.17, 15) is 9.90 Å². The molecule has 1 atom stereocenters. The van der Waals surface area contributed by atoms with Gasteiger partial charge in [-0.05, 0) is 72.0 Å². The SMILES string of the molecule is Cc1nc(CN2CCc3cc4ccc3C2c2cccc(c2)OCCCNC(=O)c2cc(ccc2O)O4)co1. The van der Waals surface area contributed by atoms with Crippen LogP contribution in [0.15, 0.2) is 71.3 Å². The lowest BCUT2D eigenvalue weighted by molar-refractivity contribution is 0.0948. The van der Waals surface area contributed by atoms with E-state index in [4.69, 9.17) is 13.9 Å². The molecule has 1 unspecified atom stereocenters. The largest absolute Gasteiger partial charge is 0.507 e. The van der Waals surface area contributed by atoms with Gasteiger partial charge in [0.15, 0.2) is 5.89 Å². The van der Waals surface area contributed by atoms with Crippen molar-refractivity contribution in [1.82, 2.24) is 15.2 Å². The van der Waals surface area contributed by atoms with Crippen molar-refractivity contribution in [3.63, 3.8) is 0 Å². The van der Waals surface area contributed by atoms with Crippen molar-refractivity contribution in [2.24, 2.45) is 0 Å². The summed E-state index contributed by atoms with van der Waals surface area (Å²) in [6, 6.07) is 19.0. The number of fused-ring (bicyclic) bond motifs is 6. The Hall–Kier alpha value is -4.30. The number of aromatic hydroxyl groups is 1. The number of oxazole rings is 1. The van der Waals surface area contributed by atoms with Crippen LogP contribution in [0.4, 0.5) is 0 Å². The molecule has 3 aliphatic heterocycles. The second-order valence-electron chi connectivity index (χ2n) is 9.65. The van der Waals surface area contributed by atoms with Gasteiger partial charge >= 0.3 is 0 Å². The lowest BCUT2D eigenvalue weighted by Gasteiger charge is -2.37. The molecule has 4 heterocycles. The number of hydrogen-bond acceptors (Lipinski definition) is 7. The fourth-order valence-corrected chi connectivity index (χ4v) is 5.20. The lowest BCUT2D eigenvalue weighted by Crippen LogP contribution is -2.35. The monoisotopic (exact) mass is 511 g/mol. The smallest absolute Gasteiger partial charge is 0.255 e. The van der Waals surface area contributed by atoms with E-state index >= 15 is 0 Å². The molecule has 0 radical (unpaired) electrons. The Bertz CT molecular complexity index is 1480. The van der Waals surface area contributed by atoms with E-state index in [1.54, 1.807) is 18.4 Å². The molecular formula is C30H29N3O5. The van der Waals surface area contributed by atoms with Crippen molar-refractivity contribution in [3.8, 4) is 23.0 Å². The van der Waals surface area contributed by atoms with E-state index in [0.29, 0.717) is 43.5 Å². The van der Waals surface area contributed by atoms with Crippen LogP contribution < -0.4 is 14.8 Å². The normalized spacial score (nSPS) is 17.6. The summed E-state index contributed by atoms with van der Waals surface area (Å²) in [6.07, 6.45) is 3.20. The number of aryl methyl sites for hydroxylation is 1. The average molecular weight is 512 g/mol. The third-order valence-corrected chi connectivity index (χ3v) is 6.97. The van der Waals surface area contributed by atoms with Gasteiger partial charge in [0.25, 0.3) is 5.91 Å². The van der Waals surface area contributed by atoms with Crippen LogP contribution in [-0.4, -0.2) is 40.6 Å². The summed E-state index contributed by atoms with van der Waals surface area (Å²) in [4.78, 5) is 19.6. The Labute approximate surface area is 220 Å². The summed E-state index contributed by atoms with van der Waals surface area (Å²) >= 11 is 0. The van der Waals surface area contributed by atoms with Crippen molar-refractivity contribution in [2.45, 2.75) is 32.4 Å². The molecule has 38 heavy (non-hydrogen) atoms. The number of phenols is 1. The van der Waals surface area contributed by atoms with Crippen LogP contribution in [0, 0.1) is 6.92 Å². The maximum absolute atomic E-state index is 12.7. The van der Waals surface area contributed by atoms with E-state index < -0.39 is 0 Å². The third-order valence-electron chi connectivity index (χ3n) is 6.97. The molecule has 7 rings (SSSR count). The van der Waals surface area contributed by atoms with E-state index in [1.807, 2.05) is 25.1 Å². The van der Waals surface area contributed by atoms with Crippen molar-refractivity contribution in [1.29, 1.82) is 0 Å². The molecule has 3 aliphatic rings. The van der Waals surface area contributed by atoms with Gasteiger partial charge in [-0.15, -0.1) is 0 Å². The van der Waals surface area contributed by atoms with Gasteiger partial charge in [0.2, 0.25) is 0 Å². The van der Waals surface area contributed by atoms with E-state index in [0.717, 1.165) is 30.0 Å². The lowest BCUT2D eigenvalue weighted by atomic mass is 9.87. The van der Waals surface area contributed by atoms with Crippen LogP contribution >= 0.6 is 0 Å². The van der Waals surface area contributed by atoms with Crippen LogP contribution in [0.3, 0.4) is 0 Å². The van der Waals surface area contributed by atoms with Gasteiger partial charge in [-0.2, -0.15) is 0 Å². The molecule has 0 saturated carbocycles. The number of nitrogens with zero attached hydrogens (tertiary/aromatic N) is 2. The van der Waals surface area contributed by atoms with Gasteiger partial charge < -0.3 is 24.3 Å². The number of phenolic OH excluding ortho intramolecular Hbond substituents is 1. The summed E-state index contributed by atoms with van der Waals surface area (Å²) in [6.45, 7) is 4.23. The predicted octanol–water partition coefficient (Wildman–Crippen LogP) is 5.14. The summed E-state index contributed by atoms with van der Waals surface area (Å²) in [5, 5.41) is 13.1. The van der Waals surface area contributed by atoms with Crippen LogP contribution in [0.5, 0.6) is 23.0 Å². The number of rotatable bonds is 2. The van der Waals surface area contributed by atoms with Crippen LogP contribution in [-0.2, 0) is 13.0 Å². The zero-order valence-corrected chi connectivity index (χ0v) is 21.1. The topological polar surface area (TPSA) is 97.1 Å². The number of benzene rings is 3. The van der Waals surface area contributed by atoms with E-state index in [2.05, 4.69) is 39.5 Å². The van der Waals surface area contributed by atoms with Gasteiger partial charge in [0.1, 0.15) is 29.3 Å². The standard InChI is InChI=1S/C30H29N3O5/c1-19-32-22(18-37-19)17-33-12-10-20-14-24-6-8-26(20)29(33)21-4-2-5-23(15-21)36-13-3-11-31-30(35)27-16-25(38-24)7-9-28(27)34/h2,4-9,14-16,18,29,34H,3,10-13,17H2,1H3,(H,31,35). The number of nitrogens with one attached hydrogen (secondary N) is 1. The minimum Gasteiger partial charge on any atom is -0.507 e. The Morgan fingerprint density at radius 3 is 2.82 bits per heavy atom. The first-order valence-corrected chi connectivity index (χ1v) is 12.8. The number of carbonyl (C=O) groups excluding carboxylic acids is 1. The molecule has 1 aromatic heterocycles. The minimum atomic E-state index is -0.355. The molecule has 8 heteroatoms. The van der Waals surface area contributed by atoms with Crippen molar-refractivity contribution in [2.75, 3.05) is 19.7 Å². The Balaban J connectivity index is 1.41. The van der Waals surface area contributed by atoms with Gasteiger partial charge in [-0.1, -0.05) is 18.2 Å². The number of hydrogen-bond donors (Lipinski definition) is 2. The Morgan fingerprint density at radius 1 is 1.08 bits per heavy atom. The zero-order valence-electron chi connectivity index (χ0n) is 21.1. The zero-order chi connectivity index (χ0) is 26.1. The minimum absolute atomic E-state index is 0.00630. The summed E-state index contributed by atoms with van der Waals surface area (Å²) in [5.41, 5.74) is 4.61. The molecule has 2 N–H and O–H groups in total. The first-order chi connectivity index (χ1) is 18.5. The molecular weight excluding hydrogens is 482 g/mol. The van der Waals surface area contributed by atoms with Crippen LogP contribution in [0.25, 0.3) is 0 Å². The predicted molar refractivity (Wildman–Crippen MR) is 141 cm³/mol. The highest BCUT2D eigenvalue weighted by Crippen LogP contribution is 2.39. The Kier molecular flexibility index (Phi) is 6.47. The molecule has 0 aliphatic carbocycles. The third kappa shape index (κ3) is 4.95. The molecule has 8 nitrogen and oxygen atoms in total. The fourth-order valence-electron chi connectivity index (χ4n) is 5.20. The molecule has 4 aromatic rings. The average Bonchev–Trinajstić information content (AvgIpc) is 3.33. The number of aromatic nitrogens is 1. The highest BCUT2D eigenvalue weighted by molar-refractivity contribution is 5.97. The fraction of sp³-hybridized carbons (Fsp3) is 0.267. The molecule has 194 valence electrons. The van der Waals surface area contributed by atoms with Gasteiger partial charge in [-0.3, -0.25) is 9.69 Å². The van der Waals surface area contributed by atoms with Crippen molar-refractivity contribution in [3.05, 3.63) is 101 Å². The Morgan fingerprint density at radius 2 is 1.95 bits per heavy atom. The quantitative estimate of drug-likeness (QED) is 0.385.